The Hall–Kier alpha value is -2.48. The predicted octanol–water partition coefficient (Wildman–Crippen LogP) is 2.27. The Morgan fingerprint density at radius 3 is 2.56 bits per heavy atom. The van der Waals surface area contributed by atoms with Gasteiger partial charge in [-0.2, -0.15) is 13.2 Å². The summed E-state index contributed by atoms with van der Waals surface area (Å²) in [6.45, 7) is 4.31. The van der Waals surface area contributed by atoms with Crippen LogP contribution < -0.4 is 10.2 Å². The van der Waals surface area contributed by atoms with E-state index in [9.17, 15) is 18.0 Å². The average molecular weight is 382 g/mol. The molecule has 0 bridgehead atoms. The standard InChI is InChI=1S/C19H22F3N3O2/c1-14(17-6-3-11-27-17)23-13-18(26)25-9-7-24(8-10-25)16-5-2-4-15(12-16)19(20,21)22/h2-6,11-12,14,23H,7-10,13H2,1H3/p+1/t14-/m1/s1. The first-order valence-electron chi connectivity index (χ1n) is 8.91. The lowest BCUT2D eigenvalue weighted by Crippen LogP contribution is -2.87. The summed E-state index contributed by atoms with van der Waals surface area (Å²) in [6.07, 6.45) is -2.75. The molecule has 5 nitrogen and oxygen atoms in total. The molecule has 27 heavy (non-hydrogen) atoms. The fourth-order valence-corrected chi connectivity index (χ4v) is 3.17. The number of hydrogen-bond acceptors (Lipinski definition) is 3. The van der Waals surface area contributed by atoms with E-state index in [4.69, 9.17) is 4.42 Å². The van der Waals surface area contributed by atoms with Crippen LogP contribution in [-0.2, 0) is 11.0 Å². The number of halogens is 3. The van der Waals surface area contributed by atoms with E-state index in [1.54, 1.807) is 17.2 Å². The van der Waals surface area contributed by atoms with Crippen LogP contribution in [0.3, 0.4) is 0 Å². The zero-order valence-electron chi connectivity index (χ0n) is 15.1. The number of carbonyl (C=O) groups excluding carboxylic acids is 1. The van der Waals surface area contributed by atoms with Gasteiger partial charge in [0.25, 0.3) is 5.91 Å². The Morgan fingerprint density at radius 2 is 1.93 bits per heavy atom. The number of rotatable bonds is 5. The molecule has 0 radical (unpaired) electrons. The van der Waals surface area contributed by atoms with Crippen LogP contribution in [0.1, 0.15) is 24.3 Å². The zero-order chi connectivity index (χ0) is 19.4. The topological polar surface area (TPSA) is 53.3 Å². The van der Waals surface area contributed by atoms with E-state index in [1.807, 2.05) is 29.3 Å². The molecule has 0 unspecified atom stereocenters. The van der Waals surface area contributed by atoms with Gasteiger partial charge in [-0.05, 0) is 37.3 Å². The summed E-state index contributed by atoms with van der Waals surface area (Å²) < 4.78 is 43.9. The van der Waals surface area contributed by atoms with Crippen LogP contribution in [0.25, 0.3) is 0 Å². The maximum atomic E-state index is 12.9. The number of alkyl halides is 3. The number of nitrogens with two attached hydrogens (primary N) is 1. The fraction of sp³-hybridized carbons (Fsp3) is 0.421. The number of hydrogen-bond donors (Lipinski definition) is 1. The molecule has 1 aromatic carbocycles. The third-order valence-electron chi connectivity index (χ3n) is 4.81. The SMILES string of the molecule is C[C@@H]([NH2+]CC(=O)N1CCN(c2cccc(C(F)(F)F)c2)CC1)c1ccco1. The molecule has 0 saturated carbocycles. The van der Waals surface area contributed by atoms with E-state index in [0.717, 1.165) is 17.9 Å². The van der Waals surface area contributed by atoms with E-state index in [2.05, 4.69) is 0 Å². The molecule has 1 saturated heterocycles. The van der Waals surface area contributed by atoms with Crippen molar-refractivity contribution in [2.24, 2.45) is 0 Å². The second-order valence-electron chi connectivity index (χ2n) is 6.66. The molecule has 1 aromatic heterocycles. The smallest absolute Gasteiger partial charge is 0.416 e. The lowest BCUT2D eigenvalue weighted by atomic mass is 10.1. The number of amides is 1. The van der Waals surface area contributed by atoms with Crippen LogP contribution in [0.4, 0.5) is 18.9 Å². The van der Waals surface area contributed by atoms with Crippen molar-refractivity contribution in [1.29, 1.82) is 0 Å². The molecular weight excluding hydrogens is 359 g/mol. The van der Waals surface area contributed by atoms with Gasteiger partial charge < -0.3 is 19.5 Å². The maximum Gasteiger partial charge on any atom is 0.416 e. The molecule has 1 aliphatic rings. The minimum atomic E-state index is -4.35. The van der Waals surface area contributed by atoms with E-state index in [0.29, 0.717) is 38.4 Å². The molecule has 2 heterocycles. The number of nitrogens with zero attached hydrogens (tertiary/aromatic N) is 2. The first-order chi connectivity index (χ1) is 12.8. The van der Waals surface area contributed by atoms with Crippen LogP contribution >= 0.6 is 0 Å². The molecule has 0 spiro atoms. The molecule has 2 aromatic rings. The predicted molar refractivity (Wildman–Crippen MR) is 94.2 cm³/mol. The number of benzene rings is 1. The minimum Gasteiger partial charge on any atom is -0.463 e. The molecule has 1 amide bonds. The van der Waals surface area contributed by atoms with Crippen molar-refractivity contribution in [2.75, 3.05) is 37.6 Å². The summed E-state index contributed by atoms with van der Waals surface area (Å²) in [5.41, 5.74) is -0.116. The summed E-state index contributed by atoms with van der Waals surface area (Å²) in [4.78, 5) is 16.0. The van der Waals surface area contributed by atoms with Gasteiger partial charge >= 0.3 is 6.18 Å². The van der Waals surface area contributed by atoms with Crippen molar-refractivity contribution in [3.8, 4) is 0 Å². The molecule has 1 fully saturated rings. The summed E-state index contributed by atoms with van der Waals surface area (Å²) in [6, 6.07) is 9.06. The van der Waals surface area contributed by atoms with Crippen LogP contribution in [0.5, 0.6) is 0 Å². The second kappa shape index (κ2) is 8.04. The number of piperazine rings is 1. The highest BCUT2D eigenvalue weighted by atomic mass is 19.4. The van der Waals surface area contributed by atoms with Crippen LogP contribution in [0.15, 0.2) is 47.1 Å². The largest absolute Gasteiger partial charge is 0.463 e. The van der Waals surface area contributed by atoms with Gasteiger partial charge in [-0.3, -0.25) is 4.79 Å². The van der Waals surface area contributed by atoms with Gasteiger partial charge in [0.05, 0.1) is 11.8 Å². The summed E-state index contributed by atoms with van der Waals surface area (Å²) >= 11 is 0. The molecule has 0 aliphatic carbocycles. The first kappa shape index (κ1) is 19.3. The highest BCUT2D eigenvalue weighted by molar-refractivity contribution is 5.77. The van der Waals surface area contributed by atoms with Gasteiger partial charge in [-0.1, -0.05) is 6.07 Å². The van der Waals surface area contributed by atoms with Gasteiger partial charge in [0.2, 0.25) is 0 Å². The van der Waals surface area contributed by atoms with Crippen molar-refractivity contribution in [3.05, 3.63) is 54.0 Å². The van der Waals surface area contributed by atoms with Crippen molar-refractivity contribution in [2.45, 2.75) is 19.1 Å². The Balaban J connectivity index is 1.50. The monoisotopic (exact) mass is 382 g/mol. The highest BCUT2D eigenvalue weighted by Crippen LogP contribution is 2.31. The Labute approximate surface area is 155 Å². The van der Waals surface area contributed by atoms with Gasteiger partial charge in [-0.15, -0.1) is 0 Å². The minimum absolute atomic E-state index is 0.0251. The van der Waals surface area contributed by atoms with Crippen molar-refractivity contribution in [1.82, 2.24) is 4.90 Å². The molecule has 2 N–H and O–H groups in total. The molecule has 1 atom stereocenters. The number of furan rings is 1. The van der Waals surface area contributed by atoms with Gasteiger partial charge in [0.1, 0.15) is 6.04 Å². The molecule has 3 rings (SSSR count). The molecular formula is C19H23F3N3O2+. The summed E-state index contributed by atoms with van der Waals surface area (Å²) in [5, 5.41) is 1.92. The van der Waals surface area contributed by atoms with E-state index in [1.165, 1.54) is 6.07 Å². The van der Waals surface area contributed by atoms with Crippen LogP contribution in [-0.4, -0.2) is 43.5 Å². The molecule has 146 valence electrons. The number of carbonyl (C=O) groups is 1. The van der Waals surface area contributed by atoms with Crippen molar-refractivity contribution in [3.63, 3.8) is 0 Å². The third-order valence-corrected chi connectivity index (χ3v) is 4.81. The third kappa shape index (κ3) is 4.82. The Bertz CT molecular complexity index is 754. The van der Waals surface area contributed by atoms with Crippen molar-refractivity contribution >= 4 is 11.6 Å². The molecule has 1 aliphatic heterocycles. The first-order valence-corrected chi connectivity index (χ1v) is 8.91. The second-order valence-corrected chi connectivity index (χ2v) is 6.66. The fourth-order valence-electron chi connectivity index (χ4n) is 3.17. The Kier molecular flexibility index (Phi) is 5.74. The van der Waals surface area contributed by atoms with Gasteiger partial charge in [0.15, 0.2) is 12.3 Å². The molecule has 8 heteroatoms. The maximum absolute atomic E-state index is 12.9. The van der Waals surface area contributed by atoms with E-state index < -0.39 is 11.7 Å². The number of quaternary nitrogens is 1. The van der Waals surface area contributed by atoms with Crippen molar-refractivity contribution < 1.29 is 27.7 Å². The van der Waals surface area contributed by atoms with E-state index >= 15 is 0 Å². The summed E-state index contributed by atoms with van der Waals surface area (Å²) in [7, 11) is 0. The van der Waals surface area contributed by atoms with Gasteiger partial charge in [-0.25, -0.2) is 0 Å². The zero-order valence-corrected chi connectivity index (χ0v) is 15.1. The normalized spacial score (nSPS) is 16.4. The lowest BCUT2D eigenvalue weighted by molar-refractivity contribution is -0.685. The van der Waals surface area contributed by atoms with E-state index in [-0.39, 0.29) is 11.9 Å². The lowest BCUT2D eigenvalue weighted by Gasteiger charge is -2.36. The highest BCUT2D eigenvalue weighted by Gasteiger charge is 2.31. The number of anilines is 1. The van der Waals surface area contributed by atoms with Crippen LogP contribution in [0.2, 0.25) is 0 Å². The Morgan fingerprint density at radius 1 is 1.19 bits per heavy atom. The summed E-state index contributed by atoms with van der Waals surface area (Å²) in [5.74, 6) is 0.842. The average Bonchev–Trinajstić information content (AvgIpc) is 3.20. The van der Waals surface area contributed by atoms with Crippen LogP contribution in [0, 0.1) is 0 Å². The quantitative estimate of drug-likeness (QED) is 0.863. The van der Waals surface area contributed by atoms with Gasteiger partial charge in [0, 0.05) is 31.9 Å².